The lowest BCUT2D eigenvalue weighted by molar-refractivity contribution is -0.742. The van der Waals surface area contributed by atoms with Crippen LogP contribution in [0.15, 0.2) is 45.6 Å². The lowest BCUT2D eigenvalue weighted by Gasteiger charge is -2.20. The third kappa shape index (κ3) is 3.60. The van der Waals surface area contributed by atoms with Gasteiger partial charge < -0.3 is 14.5 Å². The summed E-state index contributed by atoms with van der Waals surface area (Å²) in [5.74, 6) is 0.532. The minimum absolute atomic E-state index is 0.0688. The maximum atomic E-state index is 12.6. The molecular weight excluding hydrogens is 314 g/mol. The number of rotatable bonds is 3. The molecule has 0 bridgehead atoms. The van der Waals surface area contributed by atoms with E-state index in [9.17, 15) is 4.79 Å². The number of hydrogen-bond acceptors (Lipinski definition) is 6. The highest BCUT2D eigenvalue weighted by Crippen LogP contribution is 2.24. The summed E-state index contributed by atoms with van der Waals surface area (Å²) < 4.78 is 5.75. The zero-order valence-electron chi connectivity index (χ0n) is 13.3. The summed E-state index contributed by atoms with van der Waals surface area (Å²) in [7, 11) is 0. The number of anilines is 1. The van der Waals surface area contributed by atoms with E-state index >= 15 is 0 Å². The lowest BCUT2D eigenvalue weighted by Crippen LogP contribution is -2.28. The van der Waals surface area contributed by atoms with Crippen molar-refractivity contribution in [1.82, 2.24) is 4.98 Å². The molecule has 8 nitrogen and oxygen atoms in total. The molecule has 0 unspecified atom stereocenters. The Kier molecular flexibility index (Phi) is 5.31. The van der Waals surface area contributed by atoms with Crippen LogP contribution in [0.25, 0.3) is 22.6 Å². The lowest BCUT2D eigenvalue weighted by atomic mass is 10.1. The van der Waals surface area contributed by atoms with Gasteiger partial charge in [0.2, 0.25) is 5.43 Å². The van der Waals surface area contributed by atoms with Crippen LogP contribution in [0.5, 0.6) is 0 Å². The van der Waals surface area contributed by atoms with E-state index in [2.05, 4.69) is 4.98 Å². The fourth-order valence-corrected chi connectivity index (χ4v) is 2.42. The molecule has 8 heteroatoms. The minimum atomic E-state index is -1.50. The SMILES string of the molecule is CCN(CC)c1ccc2oc3ccccc3nc-2c1=O.O=[N+]([O-])O. The van der Waals surface area contributed by atoms with Crippen LogP contribution in [0, 0.1) is 10.1 Å². The molecule has 24 heavy (non-hydrogen) atoms. The molecule has 0 saturated heterocycles. The maximum absolute atomic E-state index is 12.6. The second-order valence-electron chi connectivity index (χ2n) is 4.85. The topological polar surface area (TPSA) is 110 Å². The second kappa shape index (κ2) is 7.40. The first kappa shape index (κ1) is 17.2. The van der Waals surface area contributed by atoms with Crippen LogP contribution >= 0.6 is 0 Å². The van der Waals surface area contributed by atoms with Gasteiger partial charge in [-0.25, -0.2) is 4.98 Å². The van der Waals surface area contributed by atoms with E-state index in [0.717, 1.165) is 13.1 Å². The van der Waals surface area contributed by atoms with Crippen LogP contribution in [0.4, 0.5) is 5.69 Å². The van der Waals surface area contributed by atoms with Crippen molar-refractivity contribution in [3.05, 3.63) is 56.7 Å². The molecule has 1 N–H and O–H groups in total. The Morgan fingerprint density at radius 3 is 2.46 bits per heavy atom. The number of fused-ring (bicyclic) bond motifs is 2. The van der Waals surface area contributed by atoms with Crippen molar-refractivity contribution in [2.24, 2.45) is 0 Å². The summed E-state index contributed by atoms with van der Waals surface area (Å²) >= 11 is 0. The Morgan fingerprint density at radius 1 is 1.21 bits per heavy atom. The first-order valence-corrected chi connectivity index (χ1v) is 7.38. The average molecular weight is 331 g/mol. The fourth-order valence-electron chi connectivity index (χ4n) is 2.42. The molecule has 1 aromatic carbocycles. The van der Waals surface area contributed by atoms with E-state index in [4.69, 9.17) is 19.7 Å². The van der Waals surface area contributed by atoms with Crippen LogP contribution in [0.2, 0.25) is 0 Å². The zero-order valence-corrected chi connectivity index (χ0v) is 13.3. The summed E-state index contributed by atoms with van der Waals surface area (Å²) in [4.78, 5) is 27.4. The number of benzene rings is 2. The molecular formula is C16H17N3O5. The van der Waals surface area contributed by atoms with Crippen molar-refractivity contribution in [2.75, 3.05) is 18.0 Å². The third-order valence-corrected chi connectivity index (χ3v) is 3.50. The van der Waals surface area contributed by atoms with Crippen molar-refractivity contribution in [3.63, 3.8) is 0 Å². The normalized spacial score (nSPS) is 10.2. The van der Waals surface area contributed by atoms with Crippen molar-refractivity contribution >= 4 is 16.8 Å². The van der Waals surface area contributed by atoms with Gasteiger partial charge in [-0.2, -0.15) is 0 Å². The Morgan fingerprint density at radius 2 is 1.83 bits per heavy atom. The van der Waals surface area contributed by atoms with Gasteiger partial charge in [-0.15, -0.1) is 10.1 Å². The second-order valence-corrected chi connectivity index (χ2v) is 4.85. The van der Waals surface area contributed by atoms with Gasteiger partial charge in [-0.05, 0) is 38.1 Å². The molecule has 0 atom stereocenters. The highest BCUT2D eigenvalue weighted by atomic mass is 16.9. The molecule has 2 aliphatic rings. The van der Waals surface area contributed by atoms with Gasteiger partial charge in [0.15, 0.2) is 17.0 Å². The van der Waals surface area contributed by atoms with E-state index in [-0.39, 0.29) is 5.43 Å². The summed E-state index contributed by atoms with van der Waals surface area (Å²) in [5.41, 5.74) is 2.40. The first-order valence-electron chi connectivity index (χ1n) is 7.38. The minimum Gasteiger partial charge on any atom is -0.453 e. The summed E-state index contributed by atoms with van der Waals surface area (Å²) in [5, 5.41) is 13.6. The summed E-state index contributed by atoms with van der Waals surface area (Å²) in [6.07, 6.45) is 0. The molecule has 0 saturated carbocycles. The van der Waals surface area contributed by atoms with Gasteiger partial charge in [-0.3, -0.25) is 4.79 Å². The smallest absolute Gasteiger partial charge is 0.291 e. The average Bonchev–Trinajstić information content (AvgIpc) is 2.56. The molecule has 0 spiro atoms. The molecule has 1 aliphatic carbocycles. The third-order valence-electron chi connectivity index (χ3n) is 3.50. The molecule has 1 aromatic rings. The molecule has 126 valence electrons. The molecule has 1 aliphatic heterocycles. The van der Waals surface area contributed by atoms with Crippen LogP contribution in [0.3, 0.4) is 0 Å². The van der Waals surface area contributed by atoms with E-state index in [0.29, 0.717) is 28.2 Å². The van der Waals surface area contributed by atoms with Crippen LogP contribution in [-0.4, -0.2) is 28.4 Å². The largest absolute Gasteiger partial charge is 0.453 e. The number of nitrogens with zero attached hydrogens (tertiary/aromatic N) is 3. The predicted molar refractivity (Wildman–Crippen MR) is 89.2 cm³/mol. The van der Waals surface area contributed by atoms with Crippen molar-refractivity contribution in [1.29, 1.82) is 0 Å². The van der Waals surface area contributed by atoms with E-state index < -0.39 is 5.09 Å². The summed E-state index contributed by atoms with van der Waals surface area (Å²) in [6, 6.07) is 11.1. The molecule has 0 fully saturated rings. The maximum Gasteiger partial charge on any atom is 0.291 e. The monoisotopic (exact) mass is 331 g/mol. The number of para-hydroxylation sites is 2. The van der Waals surface area contributed by atoms with Crippen LogP contribution in [0.1, 0.15) is 13.8 Å². The summed E-state index contributed by atoms with van der Waals surface area (Å²) in [6.45, 7) is 5.65. The predicted octanol–water partition coefficient (Wildman–Crippen LogP) is 2.79. The van der Waals surface area contributed by atoms with E-state index in [1.165, 1.54) is 0 Å². The van der Waals surface area contributed by atoms with Gasteiger partial charge in [0.1, 0.15) is 5.52 Å². The van der Waals surface area contributed by atoms with Gasteiger partial charge in [0.25, 0.3) is 5.09 Å². The van der Waals surface area contributed by atoms with Gasteiger partial charge in [0.05, 0.1) is 5.69 Å². The number of aromatic nitrogens is 1. The molecule has 0 amide bonds. The molecule has 0 radical (unpaired) electrons. The molecule has 3 rings (SSSR count). The zero-order chi connectivity index (χ0) is 17.7. The first-order chi connectivity index (χ1) is 11.5. The van der Waals surface area contributed by atoms with Gasteiger partial charge in [0, 0.05) is 13.1 Å². The van der Waals surface area contributed by atoms with E-state index in [1.54, 1.807) is 0 Å². The highest BCUT2D eigenvalue weighted by molar-refractivity contribution is 5.77. The van der Waals surface area contributed by atoms with Crippen LogP contribution in [-0.2, 0) is 0 Å². The molecule has 0 aromatic heterocycles. The van der Waals surface area contributed by atoms with Gasteiger partial charge in [-0.1, -0.05) is 12.1 Å². The number of hydrogen-bond donors (Lipinski definition) is 1. The Bertz CT molecular complexity index is 869. The Labute approximate surface area is 137 Å². The van der Waals surface area contributed by atoms with Gasteiger partial charge >= 0.3 is 0 Å². The Hall–Kier alpha value is -3.16. The van der Waals surface area contributed by atoms with Crippen molar-refractivity contribution < 1.29 is 14.7 Å². The van der Waals surface area contributed by atoms with Crippen molar-refractivity contribution in [2.45, 2.75) is 13.8 Å². The standard InChI is InChI=1S/C16H16N2O2.HNO3/c1-3-18(4-2)12-9-10-14-15(16(12)19)17-11-7-5-6-8-13(11)20-14;2-1(3)4/h5-10H,3-4H2,1-2H3;(H,2,3,4). The van der Waals surface area contributed by atoms with E-state index in [1.807, 2.05) is 55.1 Å². The fraction of sp³-hybridized carbons (Fsp3) is 0.250. The van der Waals surface area contributed by atoms with Crippen LogP contribution < -0.4 is 10.3 Å². The quantitative estimate of drug-likeness (QED) is 0.446. The Balaban J connectivity index is 0.000000471. The highest BCUT2D eigenvalue weighted by Gasteiger charge is 2.17. The van der Waals surface area contributed by atoms with Crippen molar-refractivity contribution in [3.8, 4) is 11.5 Å². The molecule has 1 heterocycles.